The molecule has 9 heteroatoms. The molecule has 1 saturated heterocycles. The number of likely N-dealkylation sites (tertiary alicyclic amines) is 1. The number of hydrogen-bond donors (Lipinski definition) is 1. The Kier molecular flexibility index (Phi) is 5.01. The van der Waals surface area contributed by atoms with E-state index in [0.29, 0.717) is 19.4 Å². The van der Waals surface area contributed by atoms with Crippen LogP contribution in [0.1, 0.15) is 12.8 Å². The monoisotopic (exact) mass is 352 g/mol. The third-order valence-electron chi connectivity index (χ3n) is 3.73. The number of nitrogens with zero attached hydrogens (tertiary/aromatic N) is 3. The summed E-state index contributed by atoms with van der Waals surface area (Å²) < 4.78 is 45.6. The average Bonchev–Trinajstić information content (AvgIpc) is 2.60. The smallest absolute Gasteiger partial charge is 0.322 e. The molecule has 0 bridgehead atoms. The van der Waals surface area contributed by atoms with E-state index in [1.54, 1.807) is 0 Å². The molecule has 3 rings (SSSR count). The van der Waals surface area contributed by atoms with Crippen LogP contribution in [0.2, 0.25) is 0 Å². The first-order valence-electron chi connectivity index (χ1n) is 7.67. The van der Waals surface area contributed by atoms with Gasteiger partial charge in [0.05, 0.1) is 18.9 Å². The van der Waals surface area contributed by atoms with Crippen molar-refractivity contribution in [2.24, 2.45) is 0 Å². The molecule has 0 saturated carbocycles. The predicted molar refractivity (Wildman–Crippen MR) is 82.6 cm³/mol. The molecule has 6 nitrogen and oxygen atoms in total. The van der Waals surface area contributed by atoms with Gasteiger partial charge in [-0.25, -0.2) is 27.9 Å². The first-order chi connectivity index (χ1) is 12.0. The van der Waals surface area contributed by atoms with E-state index in [1.807, 2.05) is 0 Å². The number of rotatable bonds is 3. The molecule has 1 aliphatic heterocycles. The quantitative estimate of drug-likeness (QED) is 0.922. The van der Waals surface area contributed by atoms with Crippen LogP contribution >= 0.6 is 0 Å². The van der Waals surface area contributed by atoms with Crippen molar-refractivity contribution in [1.82, 2.24) is 14.9 Å². The standard InChI is InChI=1S/C16H15F3N4O2/c17-10-7-20-15(21-8-10)25-11-3-2-6-23(9-11)16(24)22-14-12(18)4-1-5-13(14)19/h1,4-5,7-8,11H,2-3,6,9H2,(H,22,24). The van der Waals surface area contributed by atoms with Gasteiger partial charge in [0.2, 0.25) is 0 Å². The van der Waals surface area contributed by atoms with Crippen LogP contribution in [0.15, 0.2) is 30.6 Å². The van der Waals surface area contributed by atoms with Crippen LogP contribution in [-0.4, -0.2) is 40.1 Å². The van der Waals surface area contributed by atoms with Crippen LogP contribution in [-0.2, 0) is 0 Å². The number of aromatic nitrogens is 2. The lowest BCUT2D eigenvalue weighted by Crippen LogP contribution is -2.46. The molecule has 1 aromatic heterocycles. The summed E-state index contributed by atoms with van der Waals surface area (Å²) in [4.78, 5) is 21.1. The number of anilines is 1. The molecule has 1 aromatic carbocycles. The molecule has 2 amide bonds. The lowest BCUT2D eigenvalue weighted by Gasteiger charge is -2.32. The highest BCUT2D eigenvalue weighted by molar-refractivity contribution is 5.89. The van der Waals surface area contributed by atoms with Gasteiger partial charge in [0.1, 0.15) is 23.4 Å². The van der Waals surface area contributed by atoms with Gasteiger partial charge >= 0.3 is 12.0 Å². The van der Waals surface area contributed by atoms with Crippen molar-refractivity contribution in [2.45, 2.75) is 18.9 Å². The van der Waals surface area contributed by atoms with Crippen LogP contribution in [0.5, 0.6) is 6.01 Å². The van der Waals surface area contributed by atoms with E-state index in [9.17, 15) is 18.0 Å². The third-order valence-corrected chi connectivity index (χ3v) is 3.73. The van der Waals surface area contributed by atoms with Gasteiger partial charge in [-0.2, -0.15) is 0 Å². The Morgan fingerprint density at radius 2 is 1.88 bits per heavy atom. The molecular formula is C16H15F3N4O2. The molecular weight excluding hydrogens is 337 g/mol. The number of ether oxygens (including phenoxy) is 1. The largest absolute Gasteiger partial charge is 0.458 e. The summed E-state index contributed by atoms with van der Waals surface area (Å²) in [7, 11) is 0. The van der Waals surface area contributed by atoms with Gasteiger partial charge in [-0.3, -0.25) is 0 Å². The molecule has 1 fully saturated rings. The van der Waals surface area contributed by atoms with Gasteiger partial charge in [0, 0.05) is 6.54 Å². The summed E-state index contributed by atoms with van der Waals surface area (Å²) in [5, 5.41) is 2.24. The minimum atomic E-state index is -0.849. The number of urea groups is 1. The molecule has 0 spiro atoms. The maximum Gasteiger partial charge on any atom is 0.322 e. The van der Waals surface area contributed by atoms with E-state index in [1.165, 1.54) is 11.0 Å². The SMILES string of the molecule is O=C(Nc1c(F)cccc1F)N1CCCC(Oc2ncc(F)cn2)C1. The molecule has 2 aromatic rings. The fourth-order valence-electron chi connectivity index (χ4n) is 2.53. The number of nitrogens with one attached hydrogen (secondary N) is 1. The highest BCUT2D eigenvalue weighted by atomic mass is 19.1. The number of benzene rings is 1. The van der Waals surface area contributed by atoms with Crippen molar-refractivity contribution in [3.05, 3.63) is 48.0 Å². The third kappa shape index (κ3) is 4.17. The Balaban J connectivity index is 1.62. The maximum absolute atomic E-state index is 13.6. The number of piperidine rings is 1. The highest BCUT2D eigenvalue weighted by Gasteiger charge is 2.26. The van der Waals surface area contributed by atoms with Crippen molar-refractivity contribution in [3.63, 3.8) is 0 Å². The molecule has 0 aliphatic carbocycles. The van der Waals surface area contributed by atoms with Crippen molar-refractivity contribution >= 4 is 11.7 Å². The molecule has 132 valence electrons. The van der Waals surface area contributed by atoms with Gasteiger partial charge in [0.15, 0.2) is 5.82 Å². The second kappa shape index (κ2) is 7.37. The molecule has 1 unspecified atom stereocenters. The van der Waals surface area contributed by atoms with Crippen LogP contribution < -0.4 is 10.1 Å². The zero-order chi connectivity index (χ0) is 17.8. The molecule has 1 aliphatic rings. The van der Waals surface area contributed by atoms with Gasteiger partial charge in [-0.15, -0.1) is 0 Å². The zero-order valence-electron chi connectivity index (χ0n) is 13.1. The molecule has 2 heterocycles. The second-order valence-corrected chi connectivity index (χ2v) is 5.54. The number of para-hydroxylation sites is 1. The lowest BCUT2D eigenvalue weighted by molar-refractivity contribution is 0.0980. The van der Waals surface area contributed by atoms with Crippen LogP contribution in [0, 0.1) is 17.5 Å². The van der Waals surface area contributed by atoms with E-state index in [4.69, 9.17) is 4.74 Å². The van der Waals surface area contributed by atoms with Crippen LogP contribution in [0.25, 0.3) is 0 Å². The van der Waals surface area contributed by atoms with E-state index in [0.717, 1.165) is 24.5 Å². The van der Waals surface area contributed by atoms with Crippen molar-refractivity contribution < 1.29 is 22.7 Å². The zero-order valence-corrected chi connectivity index (χ0v) is 13.1. The predicted octanol–water partition coefficient (Wildman–Crippen LogP) is 2.97. The van der Waals surface area contributed by atoms with Crippen LogP contribution in [0.3, 0.4) is 0 Å². The molecule has 1 N–H and O–H groups in total. The average molecular weight is 352 g/mol. The van der Waals surface area contributed by atoms with E-state index in [-0.39, 0.29) is 12.6 Å². The summed E-state index contributed by atoms with van der Waals surface area (Å²) in [6, 6.07) is 2.72. The molecule has 1 atom stereocenters. The van der Waals surface area contributed by atoms with Gasteiger partial charge in [-0.05, 0) is 25.0 Å². The minimum Gasteiger partial charge on any atom is -0.458 e. The van der Waals surface area contributed by atoms with Crippen molar-refractivity contribution in [1.29, 1.82) is 0 Å². The highest BCUT2D eigenvalue weighted by Crippen LogP contribution is 2.20. The summed E-state index contributed by atoms with van der Waals surface area (Å²) in [6.45, 7) is 0.620. The summed E-state index contributed by atoms with van der Waals surface area (Å²) in [5.41, 5.74) is -0.489. The number of amides is 2. The van der Waals surface area contributed by atoms with Crippen LogP contribution in [0.4, 0.5) is 23.7 Å². The second-order valence-electron chi connectivity index (χ2n) is 5.54. The summed E-state index contributed by atoms with van der Waals surface area (Å²) in [5.74, 6) is -2.28. The Morgan fingerprint density at radius 1 is 1.20 bits per heavy atom. The Bertz CT molecular complexity index is 737. The van der Waals surface area contributed by atoms with Gasteiger partial charge < -0.3 is 15.0 Å². The first-order valence-corrected chi connectivity index (χ1v) is 7.67. The minimum absolute atomic E-state index is 0.00815. The summed E-state index contributed by atoms with van der Waals surface area (Å²) >= 11 is 0. The Labute approximate surface area is 141 Å². The van der Waals surface area contributed by atoms with Gasteiger partial charge in [-0.1, -0.05) is 6.07 Å². The van der Waals surface area contributed by atoms with E-state index in [2.05, 4.69) is 15.3 Å². The topological polar surface area (TPSA) is 67.4 Å². The summed E-state index contributed by atoms with van der Waals surface area (Å²) in [6.07, 6.45) is 2.86. The lowest BCUT2D eigenvalue weighted by atomic mass is 10.1. The van der Waals surface area contributed by atoms with Gasteiger partial charge in [0.25, 0.3) is 0 Å². The Morgan fingerprint density at radius 3 is 2.56 bits per heavy atom. The van der Waals surface area contributed by atoms with E-state index >= 15 is 0 Å². The van der Waals surface area contributed by atoms with Crippen molar-refractivity contribution in [2.75, 3.05) is 18.4 Å². The maximum atomic E-state index is 13.6. The number of halogens is 3. The molecule has 0 radical (unpaired) electrons. The van der Waals surface area contributed by atoms with Crippen molar-refractivity contribution in [3.8, 4) is 6.01 Å². The first kappa shape index (κ1) is 17.0. The Hall–Kier alpha value is -2.84. The number of carbonyl (C=O) groups excluding carboxylic acids is 1. The van der Waals surface area contributed by atoms with E-state index < -0.39 is 35.3 Å². The number of carbonyl (C=O) groups is 1. The fraction of sp³-hybridized carbons (Fsp3) is 0.312. The molecule has 25 heavy (non-hydrogen) atoms. The normalized spacial score (nSPS) is 17.2. The number of hydrogen-bond acceptors (Lipinski definition) is 4. The fourth-order valence-corrected chi connectivity index (χ4v) is 2.53.